The van der Waals surface area contributed by atoms with E-state index in [2.05, 4.69) is 34.6 Å². The topological polar surface area (TPSA) is 78.9 Å². The molecule has 0 saturated carbocycles. The minimum Gasteiger partial charge on any atom is -0.462 e. The van der Waals surface area contributed by atoms with E-state index >= 15 is 0 Å². The second-order valence-electron chi connectivity index (χ2n) is 20.2. The zero-order valence-electron chi connectivity index (χ0n) is 42.5. The zero-order valence-corrected chi connectivity index (χ0v) is 42.5. The Balaban J connectivity index is 4.31. The monoisotopic (exact) mass is 877 g/mol. The second kappa shape index (κ2) is 48.9. The molecule has 0 aliphatic carbocycles. The van der Waals surface area contributed by atoms with Gasteiger partial charge in [-0.3, -0.25) is 14.4 Å². The van der Waals surface area contributed by atoms with E-state index in [0.717, 1.165) is 69.6 Å². The highest BCUT2D eigenvalue weighted by atomic mass is 16.6. The van der Waals surface area contributed by atoms with Gasteiger partial charge in [0.1, 0.15) is 13.2 Å². The largest absolute Gasteiger partial charge is 0.462 e. The van der Waals surface area contributed by atoms with Crippen LogP contribution < -0.4 is 0 Å². The molecule has 0 aromatic carbocycles. The van der Waals surface area contributed by atoms with Crippen molar-refractivity contribution >= 4 is 17.9 Å². The normalized spacial score (nSPS) is 12.0. The van der Waals surface area contributed by atoms with Crippen molar-refractivity contribution in [3.63, 3.8) is 0 Å². The maximum Gasteiger partial charge on any atom is 0.306 e. The first-order valence-electron chi connectivity index (χ1n) is 27.7. The summed E-state index contributed by atoms with van der Waals surface area (Å²) in [4.78, 5) is 38.1. The standard InChI is InChI=1S/C56H108O6/c1-6-7-8-9-10-11-12-13-14-17-21-28-33-38-43-48-56(59)62-53(50-61-55(58)47-42-37-32-27-23-22-25-30-35-40-45-52(4)5)49-60-54(57)46-41-36-31-26-20-18-15-16-19-24-29-34-39-44-51(2)3/h51-53H,6-50H2,1-5H3/t53-/m1/s1. The van der Waals surface area contributed by atoms with Crippen molar-refractivity contribution in [1.82, 2.24) is 0 Å². The fourth-order valence-corrected chi connectivity index (χ4v) is 8.52. The third-order valence-electron chi connectivity index (χ3n) is 12.7. The molecule has 0 heterocycles. The van der Waals surface area contributed by atoms with Gasteiger partial charge in [0.05, 0.1) is 0 Å². The van der Waals surface area contributed by atoms with Crippen LogP contribution in [0, 0.1) is 11.8 Å². The fraction of sp³-hybridized carbons (Fsp3) is 0.946. The van der Waals surface area contributed by atoms with Crippen LogP contribution in [0.5, 0.6) is 0 Å². The average molecular weight is 877 g/mol. The van der Waals surface area contributed by atoms with Crippen molar-refractivity contribution in [3.05, 3.63) is 0 Å². The van der Waals surface area contributed by atoms with Crippen LogP contribution in [0.2, 0.25) is 0 Å². The number of hydrogen-bond donors (Lipinski definition) is 0. The van der Waals surface area contributed by atoms with Crippen molar-refractivity contribution in [2.45, 2.75) is 317 Å². The molecule has 0 fully saturated rings. The Kier molecular flexibility index (Phi) is 47.6. The fourth-order valence-electron chi connectivity index (χ4n) is 8.52. The molecular weight excluding hydrogens is 769 g/mol. The molecule has 0 spiro atoms. The number of hydrogen-bond acceptors (Lipinski definition) is 6. The van der Waals surface area contributed by atoms with Crippen molar-refractivity contribution < 1.29 is 28.6 Å². The molecule has 0 aliphatic heterocycles. The Bertz CT molecular complexity index is 947. The van der Waals surface area contributed by atoms with Crippen LogP contribution in [-0.4, -0.2) is 37.2 Å². The van der Waals surface area contributed by atoms with E-state index in [-0.39, 0.29) is 31.1 Å². The summed E-state index contributed by atoms with van der Waals surface area (Å²) in [5.74, 6) is 0.816. The lowest BCUT2D eigenvalue weighted by atomic mass is 10.0. The molecule has 0 rings (SSSR count). The van der Waals surface area contributed by atoms with Crippen LogP contribution >= 0.6 is 0 Å². The summed E-state index contributed by atoms with van der Waals surface area (Å²) >= 11 is 0. The quantitative estimate of drug-likeness (QED) is 0.0344. The van der Waals surface area contributed by atoms with Gasteiger partial charge >= 0.3 is 17.9 Å². The summed E-state index contributed by atoms with van der Waals surface area (Å²) in [7, 11) is 0. The van der Waals surface area contributed by atoms with E-state index in [1.807, 2.05) is 0 Å². The summed E-state index contributed by atoms with van der Waals surface area (Å²) in [5.41, 5.74) is 0. The molecule has 0 aliphatic rings. The van der Waals surface area contributed by atoms with Crippen LogP contribution in [0.15, 0.2) is 0 Å². The van der Waals surface area contributed by atoms with Gasteiger partial charge < -0.3 is 14.2 Å². The average Bonchev–Trinajstić information content (AvgIpc) is 3.24. The molecular formula is C56H108O6. The lowest BCUT2D eigenvalue weighted by Gasteiger charge is -2.18. The summed E-state index contributed by atoms with van der Waals surface area (Å²) in [6.07, 6.45) is 50.9. The summed E-state index contributed by atoms with van der Waals surface area (Å²) in [5, 5.41) is 0. The van der Waals surface area contributed by atoms with E-state index in [1.54, 1.807) is 0 Å². The smallest absolute Gasteiger partial charge is 0.306 e. The molecule has 0 bridgehead atoms. The molecule has 0 amide bonds. The summed E-state index contributed by atoms with van der Waals surface area (Å²) in [6, 6.07) is 0. The molecule has 1 atom stereocenters. The Morgan fingerprint density at radius 1 is 0.306 bits per heavy atom. The first-order valence-corrected chi connectivity index (χ1v) is 27.7. The number of unbranched alkanes of at least 4 members (excludes halogenated alkanes) is 35. The maximum absolute atomic E-state index is 12.8. The molecule has 62 heavy (non-hydrogen) atoms. The number of esters is 3. The number of rotatable bonds is 50. The van der Waals surface area contributed by atoms with Crippen molar-refractivity contribution in [1.29, 1.82) is 0 Å². The molecule has 0 saturated heterocycles. The molecule has 0 N–H and O–H groups in total. The van der Waals surface area contributed by atoms with Gasteiger partial charge in [-0.1, -0.05) is 272 Å². The minimum atomic E-state index is -0.762. The molecule has 0 unspecified atom stereocenters. The predicted molar refractivity (Wildman–Crippen MR) is 266 cm³/mol. The summed E-state index contributed by atoms with van der Waals surface area (Å²) < 4.78 is 16.9. The Labute approximate surface area is 387 Å². The highest BCUT2D eigenvalue weighted by molar-refractivity contribution is 5.71. The minimum absolute atomic E-state index is 0.0631. The SMILES string of the molecule is CCCCCCCCCCCCCCCCCC(=O)O[C@H](COC(=O)CCCCCCCCCCCCCCCC(C)C)COC(=O)CCCCCCCCCCCCC(C)C. The maximum atomic E-state index is 12.8. The van der Waals surface area contributed by atoms with Gasteiger partial charge in [0.25, 0.3) is 0 Å². The lowest BCUT2D eigenvalue weighted by molar-refractivity contribution is -0.167. The van der Waals surface area contributed by atoms with Crippen LogP contribution in [0.3, 0.4) is 0 Å². The Morgan fingerprint density at radius 3 is 0.790 bits per heavy atom. The van der Waals surface area contributed by atoms with Crippen molar-refractivity contribution in [3.8, 4) is 0 Å². The van der Waals surface area contributed by atoms with E-state index < -0.39 is 6.10 Å². The highest BCUT2D eigenvalue weighted by Gasteiger charge is 2.19. The zero-order chi connectivity index (χ0) is 45.4. The van der Waals surface area contributed by atoms with E-state index in [1.165, 1.54) is 199 Å². The van der Waals surface area contributed by atoms with Gasteiger partial charge in [-0.05, 0) is 31.1 Å². The van der Waals surface area contributed by atoms with Gasteiger partial charge in [-0.2, -0.15) is 0 Å². The van der Waals surface area contributed by atoms with Gasteiger partial charge in [-0.25, -0.2) is 0 Å². The summed E-state index contributed by atoms with van der Waals surface area (Å²) in [6.45, 7) is 11.4. The van der Waals surface area contributed by atoms with E-state index in [9.17, 15) is 14.4 Å². The predicted octanol–water partition coefficient (Wildman–Crippen LogP) is 18.1. The van der Waals surface area contributed by atoms with Gasteiger partial charge in [0.2, 0.25) is 0 Å². The van der Waals surface area contributed by atoms with Crippen molar-refractivity contribution in [2.24, 2.45) is 11.8 Å². The number of carbonyl (C=O) groups is 3. The van der Waals surface area contributed by atoms with Crippen LogP contribution in [0.1, 0.15) is 311 Å². The highest BCUT2D eigenvalue weighted by Crippen LogP contribution is 2.18. The molecule has 6 heteroatoms. The first kappa shape index (κ1) is 60.4. The number of carbonyl (C=O) groups excluding carboxylic acids is 3. The second-order valence-corrected chi connectivity index (χ2v) is 20.2. The Hall–Kier alpha value is -1.59. The molecule has 0 radical (unpaired) electrons. The molecule has 368 valence electrons. The van der Waals surface area contributed by atoms with Crippen LogP contribution in [-0.2, 0) is 28.6 Å². The molecule has 0 aromatic rings. The van der Waals surface area contributed by atoms with Gasteiger partial charge in [-0.15, -0.1) is 0 Å². The lowest BCUT2D eigenvalue weighted by Crippen LogP contribution is -2.30. The third kappa shape index (κ3) is 49.4. The van der Waals surface area contributed by atoms with E-state index in [4.69, 9.17) is 14.2 Å². The first-order chi connectivity index (χ1) is 30.2. The molecule has 0 aromatic heterocycles. The molecule has 6 nitrogen and oxygen atoms in total. The van der Waals surface area contributed by atoms with E-state index in [0.29, 0.717) is 19.3 Å². The van der Waals surface area contributed by atoms with Gasteiger partial charge in [0, 0.05) is 19.3 Å². The van der Waals surface area contributed by atoms with Gasteiger partial charge in [0.15, 0.2) is 6.10 Å². The Morgan fingerprint density at radius 2 is 0.532 bits per heavy atom. The van der Waals surface area contributed by atoms with Crippen LogP contribution in [0.25, 0.3) is 0 Å². The van der Waals surface area contributed by atoms with Crippen LogP contribution in [0.4, 0.5) is 0 Å². The van der Waals surface area contributed by atoms with Crippen molar-refractivity contribution in [2.75, 3.05) is 13.2 Å². The third-order valence-corrected chi connectivity index (χ3v) is 12.7. The number of ether oxygens (including phenoxy) is 3.